The molecule has 1 atom stereocenters. The first-order valence-electron chi connectivity index (χ1n) is 8.79. The van der Waals surface area contributed by atoms with Crippen molar-refractivity contribution in [3.63, 3.8) is 0 Å². The highest BCUT2D eigenvalue weighted by Gasteiger charge is 2.22. The van der Waals surface area contributed by atoms with Crippen molar-refractivity contribution in [1.82, 2.24) is 24.5 Å². The highest BCUT2D eigenvalue weighted by atomic mass is 35.5. The third-order valence-electron chi connectivity index (χ3n) is 4.83. The number of halogens is 1. The van der Waals surface area contributed by atoms with Gasteiger partial charge in [-0.25, -0.2) is 0 Å². The summed E-state index contributed by atoms with van der Waals surface area (Å²) in [5.41, 5.74) is 3.75. The molecule has 2 aromatic heterocycles. The fraction of sp³-hybridized carbons (Fsp3) is 0.368. The van der Waals surface area contributed by atoms with Crippen LogP contribution in [0.3, 0.4) is 0 Å². The molecule has 3 aromatic rings. The van der Waals surface area contributed by atoms with Crippen LogP contribution in [0.25, 0.3) is 0 Å². The molecule has 0 amide bonds. The summed E-state index contributed by atoms with van der Waals surface area (Å²) in [6.07, 6.45) is 1.95. The predicted molar refractivity (Wildman–Crippen MR) is 99.7 cm³/mol. The van der Waals surface area contributed by atoms with Gasteiger partial charge in [-0.15, -0.1) is 0 Å². The van der Waals surface area contributed by atoms with Crippen LogP contribution in [0, 0.1) is 0 Å². The second kappa shape index (κ2) is 7.23. The monoisotopic (exact) mass is 371 g/mol. The van der Waals surface area contributed by atoms with Crippen LogP contribution in [-0.4, -0.2) is 36.1 Å². The molecule has 26 heavy (non-hydrogen) atoms. The first-order valence-corrected chi connectivity index (χ1v) is 9.17. The number of aryl methyl sites for hydroxylation is 2. The molecule has 0 aliphatic carbocycles. The normalized spacial score (nSPS) is 16.3. The maximum Gasteiger partial charge on any atom is 0.139 e. The van der Waals surface area contributed by atoms with Gasteiger partial charge in [0.05, 0.1) is 17.1 Å². The Hall–Kier alpha value is -2.15. The molecule has 0 bridgehead atoms. The van der Waals surface area contributed by atoms with Crippen LogP contribution in [0.5, 0.6) is 0 Å². The number of aromatic nitrogens is 4. The maximum absolute atomic E-state index is 10.6. The first-order chi connectivity index (χ1) is 12.6. The molecule has 0 spiro atoms. The number of nitrogens with zero attached hydrogens (tertiary/aromatic N) is 5. The van der Waals surface area contributed by atoms with Crippen LogP contribution in [0.4, 0.5) is 0 Å². The summed E-state index contributed by atoms with van der Waals surface area (Å²) in [5, 5.41) is 20.2. The Morgan fingerprint density at radius 1 is 1.23 bits per heavy atom. The van der Waals surface area contributed by atoms with Crippen molar-refractivity contribution in [3.05, 3.63) is 70.3 Å². The number of aliphatic hydroxyl groups excluding tert-OH is 1. The molecule has 1 aliphatic heterocycles. The van der Waals surface area contributed by atoms with Crippen molar-refractivity contribution in [2.45, 2.75) is 32.2 Å². The number of hydrogen-bond acceptors (Lipinski definition) is 4. The van der Waals surface area contributed by atoms with Gasteiger partial charge in [0.25, 0.3) is 0 Å². The number of fused-ring (bicyclic) bond motifs is 1. The summed E-state index contributed by atoms with van der Waals surface area (Å²) in [4.78, 5) is 2.40. The number of hydrogen-bond donors (Lipinski definition) is 1. The Morgan fingerprint density at radius 3 is 2.88 bits per heavy atom. The van der Waals surface area contributed by atoms with E-state index in [2.05, 4.69) is 21.2 Å². The summed E-state index contributed by atoms with van der Waals surface area (Å²) in [6, 6.07) is 11.8. The fourth-order valence-electron chi connectivity index (χ4n) is 3.52. The van der Waals surface area contributed by atoms with Gasteiger partial charge in [0, 0.05) is 44.4 Å². The molecule has 1 N–H and O–H groups in total. The first kappa shape index (κ1) is 17.3. The van der Waals surface area contributed by atoms with Crippen molar-refractivity contribution in [3.8, 4) is 0 Å². The standard InChI is InChI=1S/C19H22ClN5O/c1-23-18(6-7-21-23)19(26)17-11-16-13-24(8-3-9-25(16)22-17)12-14-4-2-5-15(20)10-14/h2,4-7,10-11,19,26H,3,8-9,12-13H2,1H3. The van der Waals surface area contributed by atoms with E-state index < -0.39 is 6.10 Å². The number of aliphatic hydroxyl groups is 1. The van der Waals surface area contributed by atoms with Crippen LogP contribution >= 0.6 is 11.6 Å². The van der Waals surface area contributed by atoms with Crippen LogP contribution in [0.1, 0.15) is 35.2 Å². The lowest BCUT2D eigenvalue weighted by Gasteiger charge is -2.19. The zero-order valence-corrected chi connectivity index (χ0v) is 15.5. The number of rotatable bonds is 4. The second-order valence-corrected chi connectivity index (χ2v) is 7.20. The quantitative estimate of drug-likeness (QED) is 0.766. The average molecular weight is 372 g/mol. The van der Waals surface area contributed by atoms with Gasteiger partial charge < -0.3 is 5.11 Å². The Balaban J connectivity index is 1.53. The van der Waals surface area contributed by atoms with E-state index in [0.29, 0.717) is 5.69 Å². The van der Waals surface area contributed by atoms with Gasteiger partial charge >= 0.3 is 0 Å². The summed E-state index contributed by atoms with van der Waals surface area (Å²) in [5.74, 6) is 0. The van der Waals surface area contributed by atoms with Crippen molar-refractivity contribution in [1.29, 1.82) is 0 Å². The molecule has 0 saturated carbocycles. The summed E-state index contributed by atoms with van der Waals surface area (Å²) in [7, 11) is 1.83. The van der Waals surface area contributed by atoms with Gasteiger partial charge in [-0.2, -0.15) is 10.2 Å². The summed E-state index contributed by atoms with van der Waals surface area (Å²) < 4.78 is 3.70. The molecule has 1 aromatic carbocycles. The van der Waals surface area contributed by atoms with Gasteiger partial charge in [-0.3, -0.25) is 14.3 Å². The molecular formula is C19H22ClN5O. The molecule has 1 aliphatic rings. The Labute approximate surface area is 157 Å². The summed E-state index contributed by atoms with van der Waals surface area (Å²) >= 11 is 6.11. The van der Waals surface area contributed by atoms with E-state index in [-0.39, 0.29) is 0 Å². The van der Waals surface area contributed by atoms with E-state index in [1.54, 1.807) is 10.9 Å². The minimum atomic E-state index is -0.761. The molecule has 136 valence electrons. The Kier molecular flexibility index (Phi) is 4.80. The van der Waals surface area contributed by atoms with E-state index >= 15 is 0 Å². The van der Waals surface area contributed by atoms with Crippen molar-refractivity contribution in [2.24, 2.45) is 7.05 Å². The van der Waals surface area contributed by atoms with E-state index in [4.69, 9.17) is 11.6 Å². The lowest BCUT2D eigenvalue weighted by Crippen LogP contribution is -2.22. The Bertz CT molecular complexity index is 903. The van der Waals surface area contributed by atoms with Gasteiger partial charge in [-0.1, -0.05) is 23.7 Å². The van der Waals surface area contributed by atoms with Crippen molar-refractivity contribution < 1.29 is 5.11 Å². The minimum Gasteiger partial charge on any atom is -0.380 e. The highest BCUT2D eigenvalue weighted by molar-refractivity contribution is 6.30. The zero-order chi connectivity index (χ0) is 18.1. The van der Waals surface area contributed by atoms with Gasteiger partial charge in [0.1, 0.15) is 6.10 Å². The SMILES string of the molecule is Cn1nccc1C(O)c1cc2n(n1)CCCN(Cc1cccc(Cl)c1)C2. The topological polar surface area (TPSA) is 59.1 Å². The Morgan fingerprint density at radius 2 is 2.12 bits per heavy atom. The van der Waals surface area contributed by atoms with Crippen LogP contribution < -0.4 is 0 Å². The average Bonchev–Trinajstić information content (AvgIpc) is 3.16. The molecule has 3 heterocycles. The highest BCUT2D eigenvalue weighted by Crippen LogP contribution is 2.24. The van der Waals surface area contributed by atoms with E-state index in [0.717, 1.165) is 49.0 Å². The lowest BCUT2D eigenvalue weighted by atomic mass is 10.1. The van der Waals surface area contributed by atoms with Crippen LogP contribution in [0.15, 0.2) is 42.6 Å². The molecule has 0 fully saturated rings. The van der Waals surface area contributed by atoms with Gasteiger partial charge in [0.15, 0.2) is 0 Å². The maximum atomic E-state index is 10.6. The molecule has 7 heteroatoms. The smallest absolute Gasteiger partial charge is 0.139 e. The van der Waals surface area contributed by atoms with Crippen molar-refractivity contribution in [2.75, 3.05) is 6.54 Å². The fourth-order valence-corrected chi connectivity index (χ4v) is 3.73. The van der Waals surface area contributed by atoms with E-state index in [9.17, 15) is 5.11 Å². The second-order valence-electron chi connectivity index (χ2n) is 6.76. The lowest BCUT2D eigenvalue weighted by molar-refractivity contribution is 0.203. The molecule has 6 nitrogen and oxygen atoms in total. The third-order valence-corrected chi connectivity index (χ3v) is 5.06. The van der Waals surface area contributed by atoms with E-state index in [1.165, 1.54) is 5.56 Å². The minimum absolute atomic E-state index is 0.674. The van der Waals surface area contributed by atoms with Crippen LogP contribution in [0.2, 0.25) is 5.02 Å². The molecule has 0 radical (unpaired) electrons. The van der Waals surface area contributed by atoms with Gasteiger partial charge in [0.2, 0.25) is 0 Å². The predicted octanol–water partition coefficient (Wildman–Crippen LogP) is 2.76. The van der Waals surface area contributed by atoms with E-state index in [1.807, 2.05) is 42.1 Å². The molecule has 1 unspecified atom stereocenters. The zero-order valence-electron chi connectivity index (χ0n) is 14.7. The molecule has 0 saturated heterocycles. The van der Waals surface area contributed by atoms with Gasteiger partial charge in [-0.05, 0) is 36.2 Å². The largest absolute Gasteiger partial charge is 0.380 e. The third kappa shape index (κ3) is 3.53. The van der Waals surface area contributed by atoms with Crippen LogP contribution in [-0.2, 0) is 26.7 Å². The summed E-state index contributed by atoms with van der Waals surface area (Å²) in [6.45, 7) is 3.53. The number of benzene rings is 1. The molecular weight excluding hydrogens is 350 g/mol. The molecule has 4 rings (SSSR count). The van der Waals surface area contributed by atoms with Crippen molar-refractivity contribution >= 4 is 11.6 Å².